The van der Waals surface area contributed by atoms with Crippen molar-refractivity contribution in [3.63, 3.8) is 0 Å². The molecule has 7 nitrogen and oxygen atoms in total. The van der Waals surface area contributed by atoms with E-state index in [1.165, 1.54) is 22.2 Å². The number of benzene rings is 8. The molecule has 1 unspecified atom stereocenters. The zero-order chi connectivity index (χ0) is 37.7. The summed E-state index contributed by atoms with van der Waals surface area (Å²) in [6.45, 7) is 4.36. The van der Waals surface area contributed by atoms with Crippen LogP contribution in [-0.2, 0) is 0 Å². The van der Waals surface area contributed by atoms with Crippen molar-refractivity contribution in [3.8, 4) is 11.1 Å². The Labute approximate surface area is 312 Å². The van der Waals surface area contributed by atoms with Gasteiger partial charge in [0.15, 0.2) is 0 Å². The van der Waals surface area contributed by atoms with Gasteiger partial charge >= 0.3 is 0 Å². The van der Waals surface area contributed by atoms with Gasteiger partial charge in [-0.1, -0.05) is 122 Å². The summed E-state index contributed by atoms with van der Waals surface area (Å²) in [7, 11) is 0. The van der Waals surface area contributed by atoms with Crippen molar-refractivity contribution in [2.75, 3.05) is 39.7 Å². The van der Waals surface area contributed by atoms with Gasteiger partial charge in [-0.3, -0.25) is 0 Å². The standard InChI is InChI=1S/C14H18N2.C12H11N.2C10H10N2/c1-3-10(2)16-14-9-8-13(15)11-6-4-5-7-12(11)14;13-12-8-6-11(7-9-12)10-4-2-1-3-5-10;2*11-9-5-6-10(12)8-4-2-1-3-7(8)9/h4-10,16H,3,15H2,1-2H3;1-9H,13H2;2*1-6H,11-12H2. The number of fused-ring (bicyclic) bond motifs is 3. The Bertz CT molecular complexity index is 2230. The van der Waals surface area contributed by atoms with Crippen LogP contribution in [0.2, 0.25) is 0 Å². The van der Waals surface area contributed by atoms with E-state index in [1.807, 2.05) is 133 Å². The van der Waals surface area contributed by atoms with Gasteiger partial charge in [-0.2, -0.15) is 0 Å². The molecule has 0 saturated heterocycles. The molecule has 268 valence electrons. The lowest BCUT2D eigenvalue weighted by Crippen LogP contribution is -2.13. The average Bonchev–Trinajstić information content (AvgIpc) is 3.20. The Hall–Kier alpha value is -6.86. The topological polar surface area (TPSA) is 168 Å². The Morgan fingerprint density at radius 3 is 1.09 bits per heavy atom. The SMILES string of the molecule is CCC(C)Nc1ccc(N)c2ccccc12.Nc1ccc(-c2ccccc2)cc1.Nc1ccc(N)c2ccccc12.Nc1ccc(N)c2ccccc12. The summed E-state index contributed by atoms with van der Waals surface area (Å²) in [5, 5.41) is 9.93. The molecule has 0 heterocycles. The molecule has 0 aliphatic rings. The highest BCUT2D eigenvalue weighted by Crippen LogP contribution is 2.29. The average molecular weight is 700 g/mol. The van der Waals surface area contributed by atoms with Crippen LogP contribution in [0.1, 0.15) is 20.3 Å². The fraction of sp³-hybridized carbons (Fsp3) is 0.0870. The third-order valence-electron chi connectivity index (χ3n) is 8.97. The maximum atomic E-state index is 5.96. The second-order valence-corrected chi connectivity index (χ2v) is 12.8. The Balaban J connectivity index is 0.000000137. The van der Waals surface area contributed by atoms with E-state index < -0.39 is 0 Å². The molecule has 0 aromatic heterocycles. The Kier molecular flexibility index (Phi) is 12.6. The summed E-state index contributed by atoms with van der Waals surface area (Å²) in [5.74, 6) is 0. The second-order valence-electron chi connectivity index (χ2n) is 12.8. The molecule has 0 spiro atoms. The van der Waals surface area contributed by atoms with E-state index in [4.69, 9.17) is 34.4 Å². The first kappa shape index (κ1) is 37.4. The van der Waals surface area contributed by atoms with Crippen LogP contribution in [0.4, 0.5) is 39.8 Å². The molecule has 53 heavy (non-hydrogen) atoms. The predicted octanol–water partition coefficient (Wildman–Crippen LogP) is 10.6. The summed E-state index contributed by atoms with van der Waals surface area (Å²) in [6.07, 6.45) is 1.11. The largest absolute Gasteiger partial charge is 0.399 e. The van der Waals surface area contributed by atoms with Gasteiger partial charge in [0, 0.05) is 78.2 Å². The molecule has 0 bridgehead atoms. The van der Waals surface area contributed by atoms with E-state index in [-0.39, 0.29) is 0 Å². The highest BCUT2D eigenvalue weighted by atomic mass is 14.9. The summed E-state index contributed by atoms with van der Waals surface area (Å²) < 4.78 is 0. The van der Waals surface area contributed by atoms with Gasteiger partial charge in [-0.15, -0.1) is 0 Å². The van der Waals surface area contributed by atoms with Crippen molar-refractivity contribution in [1.82, 2.24) is 0 Å². The van der Waals surface area contributed by atoms with Gasteiger partial charge in [0.05, 0.1) is 0 Å². The first-order chi connectivity index (χ1) is 25.7. The van der Waals surface area contributed by atoms with E-state index >= 15 is 0 Å². The second kappa shape index (κ2) is 17.9. The summed E-state index contributed by atoms with van der Waals surface area (Å²) >= 11 is 0. The van der Waals surface area contributed by atoms with E-state index in [0.717, 1.165) is 67.5 Å². The van der Waals surface area contributed by atoms with Gasteiger partial charge in [-0.25, -0.2) is 0 Å². The molecular weight excluding hydrogens is 651 g/mol. The molecule has 0 saturated carbocycles. The van der Waals surface area contributed by atoms with Crippen LogP contribution in [0, 0.1) is 0 Å². The molecule has 0 aliphatic carbocycles. The summed E-state index contributed by atoms with van der Waals surface area (Å²) in [4.78, 5) is 0. The van der Waals surface area contributed by atoms with Crippen molar-refractivity contribution in [2.45, 2.75) is 26.3 Å². The van der Waals surface area contributed by atoms with Gasteiger partial charge in [0.2, 0.25) is 0 Å². The lowest BCUT2D eigenvalue weighted by molar-refractivity contribution is 0.765. The Morgan fingerprint density at radius 1 is 0.377 bits per heavy atom. The van der Waals surface area contributed by atoms with Crippen molar-refractivity contribution >= 4 is 72.1 Å². The van der Waals surface area contributed by atoms with Gasteiger partial charge in [0.1, 0.15) is 0 Å². The number of nitrogens with one attached hydrogen (secondary N) is 1. The Morgan fingerprint density at radius 2 is 0.698 bits per heavy atom. The molecule has 0 fully saturated rings. The number of rotatable bonds is 4. The molecule has 0 aliphatic heterocycles. The monoisotopic (exact) mass is 699 g/mol. The van der Waals surface area contributed by atoms with Crippen LogP contribution in [-0.4, -0.2) is 6.04 Å². The maximum absolute atomic E-state index is 5.96. The van der Waals surface area contributed by atoms with E-state index in [0.29, 0.717) is 6.04 Å². The van der Waals surface area contributed by atoms with Crippen molar-refractivity contribution < 1.29 is 0 Å². The van der Waals surface area contributed by atoms with Gasteiger partial charge in [0.25, 0.3) is 0 Å². The number of hydrogen-bond donors (Lipinski definition) is 7. The van der Waals surface area contributed by atoms with Crippen molar-refractivity contribution in [1.29, 1.82) is 0 Å². The van der Waals surface area contributed by atoms with Crippen molar-refractivity contribution in [3.05, 3.63) is 164 Å². The van der Waals surface area contributed by atoms with Crippen LogP contribution in [0.25, 0.3) is 43.4 Å². The first-order valence-electron chi connectivity index (χ1n) is 17.7. The minimum absolute atomic E-state index is 0.479. The number of anilines is 7. The zero-order valence-corrected chi connectivity index (χ0v) is 30.3. The zero-order valence-electron chi connectivity index (χ0n) is 30.3. The molecule has 7 heteroatoms. The molecule has 8 rings (SSSR count). The third-order valence-corrected chi connectivity index (χ3v) is 8.97. The number of nitrogens with two attached hydrogens (primary N) is 6. The smallest absolute Gasteiger partial charge is 0.0423 e. The van der Waals surface area contributed by atoms with Crippen LogP contribution in [0.3, 0.4) is 0 Å². The van der Waals surface area contributed by atoms with Crippen molar-refractivity contribution in [2.24, 2.45) is 0 Å². The number of nitrogen functional groups attached to an aromatic ring is 6. The van der Waals surface area contributed by atoms with Gasteiger partial charge < -0.3 is 39.7 Å². The molecular formula is C46H49N7. The molecule has 0 amide bonds. The van der Waals surface area contributed by atoms with Crippen LogP contribution >= 0.6 is 0 Å². The third kappa shape index (κ3) is 9.68. The van der Waals surface area contributed by atoms with Crippen LogP contribution in [0.5, 0.6) is 0 Å². The lowest BCUT2D eigenvalue weighted by Gasteiger charge is -2.16. The summed E-state index contributed by atoms with van der Waals surface area (Å²) in [5.41, 5.74) is 43.0. The minimum Gasteiger partial charge on any atom is -0.399 e. The molecule has 1 atom stereocenters. The van der Waals surface area contributed by atoms with Gasteiger partial charge in [-0.05, 0) is 73.0 Å². The van der Waals surface area contributed by atoms with E-state index in [1.54, 1.807) is 0 Å². The number of hydrogen-bond acceptors (Lipinski definition) is 7. The quantitative estimate of drug-likeness (QED) is 0.0897. The normalized spacial score (nSPS) is 10.9. The lowest BCUT2D eigenvalue weighted by atomic mass is 10.1. The highest BCUT2D eigenvalue weighted by molar-refractivity contribution is 6.02. The molecule has 8 aromatic rings. The summed E-state index contributed by atoms with van der Waals surface area (Å²) in [6, 6.07) is 53.9. The van der Waals surface area contributed by atoms with E-state index in [9.17, 15) is 0 Å². The molecule has 8 aromatic carbocycles. The fourth-order valence-electron chi connectivity index (χ4n) is 5.81. The predicted molar refractivity (Wildman–Crippen MR) is 234 cm³/mol. The molecule has 0 radical (unpaired) electrons. The molecule has 13 N–H and O–H groups in total. The minimum atomic E-state index is 0.479. The van der Waals surface area contributed by atoms with Crippen LogP contribution < -0.4 is 39.7 Å². The highest BCUT2D eigenvalue weighted by Gasteiger charge is 2.05. The van der Waals surface area contributed by atoms with Crippen LogP contribution in [0.15, 0.2) is 164 Å². The maximum Gasteiger partial charge on any atom is 0.0423 e. The fourth-order valence-corrected chi connectivity index (χ4v) is 5.81. The first-order valence-corrected chi connectivity index (χ1v) is 17.7. The van der Waals surface area contributed by atoms with E-state index in [2.05, 4.69) is 49.5 Å².